The monoisotopic (exact) mass is 429 g/mol. The summed E-state index contributed by atoms with van der Waals surface area (Å²) in [6, 6.07) is 17.4. The van der Waals surface area contributed by atoms with Crippen LogP contribution in [0.3, 0.4) is 0 Å². The number of carbonyl (C=O) groups excluding carboxylic acids is 1. The van der Waals surface area contributed by atoms with Gasteiger partial charge in [0.2, 0.25) is 5.96 Å². The number of rotatable bonds is 5. The van der Waals surface area contributed by atoms with Gasteiger partial charge in [-0.3, -0.25) is 10.1 Å². The van der Waals surface area contributed by atoms with Gasteiger partial charge in [-0.05, 0) is 42.5 Å². The van der Waals surface area contributed by atoms with Crippen molar-refractivity contribution in [3.8, 4) is 16.9 Å². The molecule has 4 aromatic rings. The smallest absolute Gasteiger partial charge is 0.344 e. The molecule has 8 heteroatoms. The van der Waals surface area contributed by atoms with Crippen molar-refractivity contribution in [3.63, 3.8) is 0 Å². The van der Waals surface area contributed by atoms with Crippen LogP contribution in [0.4, 0.5) is 5.69 Å². The lowest BCUT2D eigenvalue weighted by Gasteiger charge is -2.10. The third-order valence-electron chi connectivity index (χ3n) is 4.56. The van der Waals surface area contributed by atoms with Crippen LogP contribution in [0.5, 0.6) is 5.75 Å². The first kappa shape index (κ1) is 20.7. The second-order valence-electron chi connectivity index (χ2n) is 6.70. The second-order valence-corrected chi connectivity index (χ2v) is 6.70. The number of nitrogens with zero attached hydrogens (tertiary/aromatic N) is 1. The summed E-state index contributed by atoms with van der Waals surface area (Å²) in [7, 11) is 1.49. The highest BCUT2D eigenvalue weighted by molar-refractivity contribution is 6.04. The fraction of sp³-hybridized carbons (Fsp3) is 0.0417. The van der Waals surface area contributed by atoms with Crippen molar-refractivity contribution in [1.82, 2.24) is 5.32 Å². The summed E-state index contributed by atoms with van der Waals surface area (Å²) in [4.78, 5) is 28.7. The molecule has 0 bridgehead atoms. The number of aliphatic imine (C=N–C) groups is 1. The molecule has 0 spiro atoms. The highest BCUT2D eigenvalue weighted by atomic mass is 16.5. The predicted octanol–water partition coefficient (Wildman–Crippen LogP) is 3.84. The van der Waals surface area contributed by atoms with Crippen LogP contribution in [0, 0.1) is 0 Å². The molecule has 2 aromatic heterocycles. The summed E-state index contributed by atoms with van der Waals surface area (Å²) in [6.07, 6.45) is 4.30. The lowest BCUT2D eigenvalue weighted by Crippen LogP contribution is -2.35. The molecule has 0 unspecified atom stereocenters. The van der Waals surface area contributed by atoms with Gasteiger partial charge in [0.1, 0.15) is 17.1 Å². The predicted molar refractivity (Wildman–Crippen MR) is 122 cm³/mol. The molecule has 2 heterocycles. The van der Waals surface area contributed by atoms with Crippen LogP contribution in [-0.4, -0.2) is 19.0 Å². The average Bonchev–Trinajstić information content (AvgIpc) is 3.31. The summed E-state index contributed by atoms with van der Waals surface area (Å²) in [5, 5.41) is 3.25. The Bertz CT molecular complexity index is 1380. The van der Waals surface area contributed by atoms with E-state index in [-0.39, 0.29) is 5.96 Å². The van der Waals surface area contributed by atoms with E-state index in [2.05, 4.69) is 10.3 Å². The minimum atomic E-state index is -0.478. The first-order valence-corrected chi connectivity index (χ1v) is 9.61. The Morgan fingerprint density at radius 1 is 1.09 bits per heavy atom. The van der Waals surface area contributed by atoms with Gasteiger partial charge >= 0.3 is 5.63 Å². The molecule has 0 fully saturated rings. The lowest BCUT2D eigenvalue weighted by atomic mass is 10.0. The van der Waals surface area contributed by atoms with Crippen molar-refractivity contribution in [2.24, 2.45) is 10.7 Å². The maximum Gasteiger partial charge on any atom is 0.344 e. The fourth-order valence-electron chi connectivity index (χ4n) is 3.10. The zero-order valence-electron chi connectivity index (χ0n) is 17.1. The molecular formula is C24H19N3O5. The highest BCUT2D eigenvalue weighted by Gasteiger charge is 2.13. The Balaban J connectivity index is 1.58. The molecule has 32 heavy (non-hydrogen) atoms. The number of ether oxygens (including phenoxy) is 1. The number of nitrogens with one attached hydrogen (secondary N) is 1. The van der Waals surface area contributed by atoms with Gasteiger partial charge < -0.3 is 19.3 Å². The summed E-state index contributed by atoms with van der Waals surface area (Å²) < 4.78 is 16.0. The summed E-state index contributed by atoms with van der Waals surface area (Å²) in [6.45, 7) is 0. The Hall–Kier alpha value is -4.59. The number of nitrogens with two attached hydrogens (primary N) is 1. The molecule has 160 valence electrons. The van der Waals surface area contributed by atoms with Gasteiger partial charge in [0.25, 0.3) is 5.91 Å². The van der Waals surface area contributed by atoms with Crippen molar-refractivity contribution >= 4 is 34.6 Å². The van der Waals surface area contributed by atoms with Crippen LogP contribution in [0.1, 0.15) is 5.76 Å². The molecular weight excluding hydrogens is 410 g/mol. The number of carbonyl (C=O) groups is 1. The minimum Gasteiger partial charge on any atom is -0.496 e. The molecule has 0 radical (unpaired) electrons. The number of methoxy groups -OCH3 is 1. The molecule has 0 aliphatic rings. The number of para-hydroxylation sites is 1. The maximum atomic E-state index is 12.5. The number of hydrogen-bond acceptors (Lipinski definition) is 6. The average molecular weight is 429 g/mol. The third kappa shape index (κ3) is 4.59. The molecule has 0 saturated heterocycles. The SMILES string of the molecule is COc1cc(N=C(N)NC(=O)C=Cc2ccco2)ccc1-c1cc2ccccc2oc1=O. The summed E-state index contributed by atoms with van der Waals surface area (Å²) in [5.74, 6) is 0.388. The highest BCUT2D eigenvalue weighted by Crippen LogP contribution is 2.33. The van der Waals surface area contributed by atoms with E-state index in [1.165, 1.54) is 25.5 Å². The van der Waals surface area contributed by atoms with E-state index >= 15 is 0 Å². The molecule has 0 aliphatic heterocycles. The molecule has 0 atom stereocenters. The number of benzene rings is 2. The Morgan fingerprint density at radius 3 is 2.72 bits per heavy atom. The molecule has 0 saturated carbocycles. The topological polar surface area (TPSA) is 120 Å². The molecule has 2 aromatic carbocycles. The van der Waals surface area contributed by atoms with Crippen LogP contribution in [0.2, 0.25) is 0 Å². The van der Waals surface area contributed by atoms with E-state index in [0.717, 1.165) is 5.39 Å². The number of furan rings is 1. The van der Waals surface area contributed by atoms with Gasteiger partial charge in [-0.25, -0.2) is 9.79 Å². The van der Waals surface area contributed by atoms with Crippen molar-refractivity contribution in [2.45, 2.75) is 0 Å². The number of fused-ring (bicyclic) bond motifs is 1. The maximum absolute atomic E-state index is 12.5. The normalized spacial score (nSPS) is 11.7. The minimum absolute atomic E-state index is 0.0980. The van der Waals surface area contributed by atoms with Crippen LogP contribution >= 0.6 is 0 Å². The number of amides is 1. The zero-order valence-corrected chi connectivity index (χ0v) is 17.1. The van der Waals surface area contributed by atoms with Crippen molar-refractivity contribution in [3.05, 3.63) is 89.2 Å². The van der Waals surface area contributed by atoms with Gasteiger partial charge in [0.15, 0.2) is 0 Å². The third-order valence-corrected chi connectivity index (χ3v) is 4.56. The number of hydrogen-bond donors (Lipinski definition) is 2. The van der Waals surface area contributed by atoms with Crippen LogP contribution in [0.15, 0.2) is 91.6 Å². The second kappa shape index (κ2) is 9.05. The van der Waals surface area contributed by atoms with Crippen LogP contribution in [0.25, 0.3) is 28.2 Å². The van der Waals surface area contributed by atoms with Crippen molar-refractivity contribution < 1.29 is 18.4 Å². The van der Waals surface area contributed by atoms with E-state index in [1.54, 1.807) is 48.5 Å². The first-order valence-electron chi connectivity index (χ1n) is 9.61. The number of guanidine groups is 1. The Labute approximate surface area is 182 Å². The Morgan fingerprint density at radius 2 is 1.94 bits per heavy atom. The van der Waals surface area contributed by atoms with E-state index in [0.29, 0.717) is 33.9 Å². The molecule has 0 aliphatic carbocycles. The molecule has 1 amide bonds. The van der Waals surface area contributed by atoms with E-state index in [9.17, 15) is 9.59 Å². The zero-order chi connectivity index (χ0) is 22.5. The largest absolute Gasteiger partial charge is 0.496 e. The summed E-state index contributed by atoms with van der Waals surface area (Å²) in [5.41, 5.74) is 7.21. The van der Waals surface area contributed by atoms with E-state index < -0.39 is 11.5 Å². The quantitative estimate of drug-likeness (QED) is 0.215. The molecule has 8 nitrogen and oxygen atoms in total. The first-order chi connectivity index (χ1) is 15.5. The standard InChI is InChI=1S/C24H19N3O5/c1-30-21-14-16(26-24(25)27-22(28)11-9-17-6-4-12-31-17)8-10-18(21)19-13-15-5-2-3-7-20(15)32-23(19)29/h2-14H,1H3,(H3,25,26,27,28). The van der Waals surface area contributed by atoms with Gasteiger partial charge in [-0.15, -0.1) is 0 Å². The summed E-state index contributed by atoms with van der Waals surface area (Å²) >= 11 is 0. The molecule has 4 rings (SSSR count). The van der Waals surface area contributed by atoms with Gasteiger partial charge in [0, 0.05) is 23.1 Å². The van der Waals surface area contributed by atoms with E-state index in [4.69, 9.17) is 19.3 Å². The van der Waals surface area contributed by atoms with Crippen molar-refractivity contribution in [2.75, 3.05) is 7.11 Å². The van der Waals surface area contributed by atoms with Gasteiger partial charge in [-0.1, -0.05) is 18.2 Å². The molecule has 3 N–H and O–H groups in total. The van der Waals surface area contributed by atoms with E-state index in [1.807, 2.05) is 12.1 Å². The van der Waals surface area contributed by atoms with Crippen LogP contribution < -0.4 is 21.4 Å². The van der Waals surface area contributed by atoms with Crippen LogP contribution in [-0.2, 0) is 4.79 Å². The fourth-order valence-corrected chi connectivity index (χ4v) is 3.10. The Kier molecular flexibility index (Phi) is 5.85. The van der Waals surface area contributed by atoms with Crippen molar-refractivity contribution in [1.29, 1.82) is 0 Å². The van der Waals surface area contributed by atoms with Gasteiger partial charge in [-0.2, -0.15) is 0 Å². The van der Waals surface area contributed by atoms with Gasteiger partial charge in [0.05, 0.1) is 24.6 Å². The lowest BCUT2D eigenvalue weighted by molar-refractivity contribution is -0.115.